The zero-order valence-electron chi connectivity index (χ0n) is 11.7. The van der Waals surface area contributed by atoms with Crippen LogP contribution in [0.15, 0.2) is 42.5 Å². The zero-order chi connectivity index (χ0) is 14.5. The van der Waals surface area contributed by atoms with Crippen molar-refractivity contribution in [3.05, 3.63) is 64.2 Å². The summed E-state index contributed by atoms with van der Waals surface area (Å²) < 4.78 is 0. The van der Waals surface area contributed by atoms with Gasteiger partial charge in [-0.25, -0.2) is 0 Å². The first-order chi connectivity index (χ1) is 9.65. The molecule has 0 saturated heterocycles. The van der Waals surface area contributed by atoms with E-state index in [9.17, 15) is 4.79 Å². The molecule has 20 heavy (non-hydrogen) atoms. The highest BCUT2D eigenvalue weighted by molar-refractivity contribution is 6.30. The molecule has 2 nitrogen and oxygen atoms in total. The van der Waals surface area contributed by atoms with Crippen LogP contribution in [0.1, 0.15) is 35.3 Å². The molecule has 2 aromatic carbocycles. The third kappa shape index (κ3) is 3.20. The summed E-state index contributed by atoms with van der Waals surface area (Å²) in [6.45, 7) is 4.18. The van der Waals surface area contributed by atoms with Gasteiger partial charge >= 0.3 is 0 Å². The van der Waals surface area contributed by atoms with Gasteiger partial charge in [0.2, 0.25) is 0 Å². The second-order valence-electron chi connectivity index (χ2n) is 4.62. The van der Waals surface area contributed by atoms with Crippen LogP contribution in [0.2, 0.25) is 5.02 Å². The molecule has 0 heterocycles. The van der Waals surface area contributed by atoms with E-state index in [1.165, 1.54) is 0 Å². The number of para-hydroxylation sites is 1. The molecule has 0 aromatic heterocycles. The first-order valence-electron chi connectivity index (χ1n) is 6.83. The SMILES string of the molecule is CCc1cccc(CC)c1NC(=O)c1ccc(Cl)cc1. The minimum absolute atomic E-state index is 0.0998. The monoisotopic (exact) mass is 287 g/mol. The lowest BCUT2D eigenvalue weighted by Crippen LogP contribution is -2.14. The van der Waals surface area contributed by atoms with Gasteiger partial charge in [0, 0.05) is 16.3 Å². The van der Waals surface area contributed by atoms with Gasteiger partial charge in [-0.05, 0) is 48.2 Å². The van der Waals surface area contributed by atoms with Gasteiger partial charge in [-0.2, -0.15) is 0 Å². The number of amides is 1. The number of hydrogen-bond donors (Lipinski definition) is 1. The Morgan fingerprint density at radius 2 is 1.55 bits per heavy atom. The number of aryl methyl sites for hydroxylation is 2. The van der Waals surface area contributed by atoms with Crippen molar-refractivity contribution in [3.8, 4) is 0 Å². The van der Waals surface area contributed by atoms with Crippen LogP contribution in [0.25, 0.3) is 0 Å². The first-order valence-corrected chi connectivity index (χ1v) is 7.21. The predicted octanol–water partition coefficient (Wildman–Crippen LogP) is 4.72. The number of hydrogen-bond acceptors (Lipinski definition) is 1. The molecular weight excluding hydrogens is 270 g/mol. The maximum absolute atomic E-state index is 12.3. The minimum Gasteiger partial charge on any atom is -0.321 e. The molecule has 0 aliphatic heterocycles. The van der Waals surface area contributed by atoms with Crippen molar-refractivity contribution < 1.29 is 4.79 Å². The summed E-state index contributed by atoms with van der Waals surface area (Å²) in [5.74, 6) is -0.0998. The molecule has 104 valence electrons. The molecule has 0 aliphatic carbocycles. The Labute approximate surface area is 124 Å². The Hall–Kier alpha value is -1.80. The number of nitrogens with one attached hydrogen (secondary N) is 1. The number of benzene rings is 2. The lowest BCUT2D eigenvalue weighted by molar-refractivity contribution is 0.102. The molecule has 0 bridgehead atoms. The van der Waals surface area contributed by atoms with E-state index in [1.807, 2.05) is 6.07 Å². The van der Waals surface area contributed by atoms with E-state index in [2.05, 4.69) is 31.3 Å². The van der Waals surface area contributed by atoms with Crippen LogP contribution in [0.5, 0.6) is 0 Å². The van der Waals surface area contributed by atoms with Gasteiger partial charge in [-0.1, -0.05) is 43.6 Å². The molecule has 0 unspecified atom stereocenters. The summed E-state index contributed by atoms with van der Waals surface area (Å²) in [5.41, 5.74) is 3.87. The van der Waals surface area contributed by atoms with Crippen molar-refractivity contribution in [2.24, 2.45) is 0 Å². The van der Waals surface area contributed by atoms with E-state index in [0.717, 1.165) is 29.7 Å². The van der Waals surface area contributed by atoms with Crippen molar-refractivity contribution in [1.29, 1.82) is 0 Å². The second kappa shape index (κ2) is 6.58. The Morgan fingerprint density at radius 3 is 2.05 bits per heavy atom. The van der Waals surface area contributed by atoms with Crippen LogP contribution < -0.4 is 5.32 Å². The van der Waals surface area contributed by atoms with Crippen LogP contribution >= 0.6 is 11.6 Å². The van der Waals surface area contributed by atoms with Gasteiger partial charge in [0.15, 0.2) is 0 Å². The fourth-order valence-electron chi connectivity index (χ4n) is 2.19. The average molecular weight is 288 g/mol. The van der Waals surface area contributed by atoms with Crippen molar-refractivity contribution in [2.75, 3.05) is 5.32 Å². The number of carbonyl (C=O) groups is 1. The Kier molecular flexibility index (Phi) is 4.80. The van der Waals surface area contributed by atoms with Crippen molar-refractivity contribution in [2.45, 2.75) is 26.7 Å². The summed E-state index contributed by atoms with van der Waals surface area (Å²) in [5, 5.41) is 3.66. The molecule has 0 atom stereocenters. The first kappa shape index (κ1) is 14.6. The molecular formula is C17H18ClNO. The van der Waals surface area contributed by atoms with Crippen LogP contribution in [-0.2, 0) is 12.8 Å². The van der Waals surface area contributed by atoms with E-state index < -0.39 is 0 Å². The molecule has 0 saturated carbocycles. The Balaban J connectivity index is 2.29. The summed E-state index contributed by atoms with van der Waals surface area (Å²) >= 11 is 5.84. The summed E-state index contributed by atoms with van der Waals surface area (Å²) in [7, 11) is 0. The average Bonchev–Trinajstić information content (AvgIpc) is 2.48. The third-order valence-corrected chi connectivity index (χ3v) is 3.60. The van der Waals surface area contributed by atoms with Crippen molar-refractivity contribution in [1.82, 2.24) is 0 Å². The normalized spacial score (nSPS) is 10.3. The number of rotatable bonds is 4. The van der Waals surface area contributed by atoms with Gasteiger partial charge in [0.05, 0.1) is 0 Å². The molecule has 0 fully saturated rings. The van der Waals surface area contributed by atoms with Crippen LogP contribution in [0.3, 0.4) is 0 Å². The Bertz CT molecular complexity index is 583. The highest BCUT2D eigenvalue weighted by Gasteiger charge is 2.11. The maximum atomic E-state index is 12.3. The van der Waals surface area contributed by atoms with Crippen molar-refractivity contribution in [3.63, 3.8) is 0 Å². The number of anilines is 1. The standard InChI is InChI=1S/C17H18ClNO/c1-3-12-6-5-7-13(4-2)16(12)19-17(20)14-8-10-15(18)11-9-14/h5-11H,3-4H2,1-2H3,(H,19,20). The van der Waals surface area contributed by atoms with Crippen LogP contribution in [0, 0.1) is 0 Å². The second-order valence-corrected chi connectivity index (χ2v) is 5.06. The quantitative estimate of drug-likeness (QED) is 0.866. The lowest BCUT2D eigenvalue weighted by Gasteiger charge is -2.14. The molecule has 0 aliphatic rings. The van der Waals surface area contributed by atoms with E-state index >= 15 is 0 Å². The van der Waals surface area contributed by atoms with Gasteiger partial charge in [0.25, 0.3) is 5.91 Å². The molecule has 1 N–H and O–H groups in total. The van der Waals surface area contributed by atoms with Gasteiger partial charge in [-0.15, -0.1) is 0 Å². The largest absolute Gasteiger partial charge is 0.321 e. The lowest BCUT2D eigenvalue weighted by atomic mass is 10.0. The summed E-state index contributed by atoms with van der Waals surface area (Å²) in [4.78, 5) is 12.3. The van der Waals surface area contributed by atoms with Gasteiger partial charge in [0.1, 0.15) is 0 Å². The fourth-order valence-corrected chi connectivity index (χ4v) is 2.32. The molecule has 3 heteroatoms. The van der Waals surface area contributed by atoms with E-state index in [4.69, 9.17) is 11.6 Å². The predicted molar refractivity (Wildman–Crippen MR) is 84.6 cm³/mol. The minimum atomic E-state index is -0.0998. The van der Waals surface area contributed by atoms with Crippen molar-refractivity contribution >= 4 is 23.2 Å². The van der Waals surface area contributed by atoms with E-state index in [1.54, 1.807) is 24.3 Å². The zero-order valence-corrected chi connectivity index (χ0v) is 12.5. The summed E-state index contributed by atoms with van der Waals surface area (Å²) in [6, 6.07) is 13.1. The van der Waals surface area contributed by atoms with E-state index in [0.29, 0.717) is 10.6 Å². The molecule has 0 radical (unpaired) electrons. The highest BCUT2D eigenvalue weighted by atomic mass is 35.5. The highest BCUT2D eigenvalue weighted by Crippen LogP contribution is 2.23. The molecule has 0 spiro atoms. The fraction of sp³-hybridized carbons (Fsp3) is 0.235. The van der Waals surface area contributed by atoms with Crippen LogP contribution in [0.4, 0.5) is 5.69 Å². The smallest absolute Gasteiger partial charge is 0.255 e. The summed E-state index contributed by atoms with van der Waals surface area (Å²) in [6.07, 6.45) is 1.79. The molecule has 2 aromatic rings. The van der Waals surface area contributed by atoms with E-state index in [-0.39, 0.29) is 5.91 Å². The van der Waals surface area contributed by atoms with Crippen LogP contribution in [-0.4, -0.2) is 5.91 Å². The molecule has 2 rings (SSSR count). The number of halogens is 1. The molecule has 1 amide bonds. The topological polar surface area (TPSA) is 29.1 Å². The maximum Gasteiger partial charge on any atom is 0.255 e. The van der Waals surface area contributed by atoms with Gasteiger partial charge in [-0.3, -0.25) is 4.79 Å². The Morgan fingerprint density at radius 1 is 1.00 bits per heavy atom. The van der Waals surface area contributed by atoms with Gasteiger partial charge < -0.3 is 5.32 Å². The third-order valence-electron chi connectivity index (χ3n) is 3.34. The number of carbonyl (C=O) groups excluding carboxylic acids is 1.